The number of benzene rings is 2. The largest absolute Gasteiger partial charge is 0.390 e. The average molecular weight is 438 g/mol. The molecule has 2 aromatic rings. The molecule has 2 atom stereocenters. The van der Waals surface area contributed by atoms with Gasteiger partial charge in [0.05, 0.1) is 16.2 Å². The Morgan fingerprint density at radius 1 is 1.06 bits per heavy atom. The van der Waals surface area contributed by atoms with Gasteiger partial charge in [-0.25, -0.2) is 0 Å². The van der Waals surface area contributed by atoms with Gasteiger partial charge in [0.2, 0.25) is 0 Å². The van der Waals surface area contributed by atoms with Crippen molar-refractivity contribution in [3.8, 4) is 0 Å². The van der Waals surface area contributed by atoms with Crippen LogP contribution in [0.1, 0.15) is 70.9 Å². The van der Waals surface area contributed by atoms with Crippen LogP contribution in [0.25, 0.3) is 0 Å². The molecule has 2 aromatic carbocycles. The maximum Gasteiger partial charge on any atom is 0.253 e. The van der Waals surface area contributed by atoms with Crippen molar-refractivity contribution in [3.05, 3.63) is 69.7 Å². The van der Waals surface area contributed by atoms with Crippen LogP contribution in [0.15, 0.2) is 42.5 Å². The summed E-state index contributed by atoms with van der Waals surface area (Å²) in [6.45, 7) is 2.05. The van der Waals surface area contributed by atoms with E-state index in [1.54, 1.807) is 24.3 Å². The molecule has 2 N–H and O–H groups in total. The van der Waals surface area contributed by atoms with Gasteiger partial charge in [-0.3, -0.25) is 9.59 Å². The second-order valence-corrected chi connectivity index (χ2v) is 10.2. The zero-order valence-electron chi connectivity index (χ0n) is 17.7. The summed E-state index contributed by atoms with van der Waals surface area (Å²) in [5.74, 6) is 0.979. The molecule has 0 aliphatic heterocycles. The van der Waals surface area contributed by atoms with Gasteiger partial charge in [0.1, 0.15) is 0 Å². The number of nitrogens with one attached hydrogen (secondary N) is 1. The summed E-state index contributed by atoms with van der Waals surface area (Å²) in [7, 11) is 0. The van der Waals surface area contributed by atoms with E-state index >= 15 is 0 Å². The van der Waals surface area contributed by atoms with E-state index in [1.165, 1.54) is 0 Å². The van der Waals surface area contributed by atoms with Crippen LogP contribution >= 0.6 is 11.6 Å². The minimum atomic E-state index is -0.521. The highest BCUT2D eigenvalue weighted by atomic mass is 35.5. The minimum Gasteiger partial charge on any atom is -0.390 e. The number of halogens is 1. The Morgan fingerprint density at radius 3 is 2.42 bits per heavy atom. The molecule has 0 spiro atoms. The third kappa shape index (κ3) is 3.81. The van der Waals surface area contributed by atoms with Crippen molar-refractivity contribution >= 4 is 23.3 Å². The van der Waals surface area contributed by atoms with E-state index in [-0.39, 0.29) is 22.8 Å². The van der Waals surface area contributed by atoms with Crippen LogP contribution in [0, 0.1) is 17.8 Å². The van der Waals surface area contributed by atoms with E-state index in [0.29, 0.717) is 34.4 Å². The van der Waals surface area contributed by atoms with Crippen molar-refractivity contribution in [3.63, 3.8) is 0 Å². The molecule has 0 saturated heterocycles. The average Bonchev–Trinajstić information content (AvgIpc) is 2.74. The highest BCUT2D eigenvalue weighted by Crippen LogP contribution is 2.55. The smallest absolute Gasteiger partial charge is 0.253 e. The van der Waals surface area contributed by atoms with Crippen molar-refractivity contribution in [1.82, 2.24) is 5.32 Å². The van der Waals surface area contributed by atoms with Crippen LogP contribution in [0.2, 0.25) is 5.02 Å². The Hall–Kier alpha value is -2.17. The SMILES string of the molecule is CCc1cccc(C(=O)c2ccc(C(=O)N[C@H]3C4CC5CC3C[C@](O)(C5)C4)c(Cl)c2)c1. The van der Waals surface area contributed by atoms with Gasteiger partial charge in [-0.1, -0.05) is 42.8 Å². The lowest BCUT2D eigenvalue weighted by Gasteiger charge is -2.58. The lowest BCUT2D eigenvalue weighted by Crippen LogP contribution is -2.61. The number of carbonyl (C=O) groups excluding carboxylic acids is 2. The molecule has 5 heteroatoms. The molecule has 4 nitrogen and oxygen atoms in total. The van der Waals surface area contributed by atoms with Crippen molar-refractivity contribution in [2.45, 2.75) is 57.1 Å². The number of hydrogen-bond acceptors (Lipinski definition) is 3. The fraction of sp³-hybridized carbons (Fsp3) is 0.462. The Labute approximate surface area is 188 Å². The maximum absolute atomic E-state index is 13.0. The van der Waals surface area contributed by atoms with Gasteiger partial charge in [0.15, 0.2) is 5.78 Å². The van der Waals surface area contributed by atoms with Gasteiger partial charge in [0, 0.05) is 17.2 Å². The van der Waals surface area contributed by atoms with E-state index in [0.717, 1.165) is 44.1 Å². The number of aliphatic hydroxyl groups is 1. The van der Waals surface area contributed by atoms with E-state index < -0.39 is 5.60 Å². The van der Waals surface area contributed by atoms with Gasteiger partial charge in [-0.2, -0.15) is 0 Å². The van der Waals surface area contributed by atoms with Gasteiger partial charge in [-0.15, -0.1) is 0 Å². The molecule has 1 amide bonds. The van der Waals surface area contributed by atoms with Crippen LogP contribution in [0.3, 0.4) is 0 Å². The van der Waals surface area contributed by atoms with Gasteiger partial charge in [-0.05, 0) is 80.0 Å². The summed E-state index contributed by atoms with van der Waals surface area (Å²) in [5, 5.41) is 14.3. The molecule has 4 saturated carbocycles. The minimum absolute atomic E-state index is 0.0958. The first-order valence-electron chi connectivity index (χ1n) is 11.3. The number of ketones is 1. The zero-order valence-corrected chi connectivity index (χ0v) is 18.5. The number of rotatable bonds is 5. The quantitative estimate of drug-likeness (QED) is 0.660. The van der Waals surface area contributed by atoms with Crippen molar-refractivity contribution in [2.24, 2.45) is 17.8 Å². The number of amides is 1. The first-order valence-corrected chi connectivity index (χ1v) is 11.7. The molecule has 162 valence electrons. The summed E-state index contributed by atoms with van der Waals surface area (Å²) in [6, 6.07) is 12.6. The van der Waals surface area contributed by atoms with Crippen LogP contribution in [0.5, 0.6) is 0 Å². The van der Waals surface area contributed by atoms with Crippen LogP contribution in [0.4, 0.5) is 0 Å². The Bertz CT molecular complexity index is 1030. The molecule has 4 fully saturated rings. The summed E-state index contributed by atoms with van der Waals surface area (Å²) in [5.41, 5.74) is 2.08. The fourth-order valence-corrected chi connectivity index (χ4v) is 6.65. The van der Waals surface area contributed by atoms with Crippen molar-refractivity contribution in [2.75, 3.05) is 0 Å². The predicted molar refractivity (Wildman–Crippen MR) is 120 cm³/mol. The van der Waals surface area contributed by atoms with Gasteiger partial charge >= 0.3 is 0 Å². The van der Waals surface area contributed by atoms with E-state index in [9.17, 15) is 14.7 Å². The van der Waals surface area contributed by atoms with Gasteiger partial charge < -0.3 is 10.4 Å². The van der Waals surface area contributed by atoms with E-state index in [1.807, 2.05) is 18.2 Å². The molecule has 4 aliphatic carbocycles. The summed E-state index contributed by atoms with van der Waals surface area (Å²) in [6.07, 6.45) is 5.51. The normalized spacial score (nSPS) is 30.9. The maximum atomic E-state index is 13.0. The summed E-state index contributed by atoms with van der Waals surface area (Å²) < 4.78 is 0. The summed E-state index contributed by atoms with van der Waals surface area (Å²) in [4.78, 5) is 25.9. The number of carbonyl (C=O) groups is 2. The summed E-state index contributed by atoms with van der Waals surface area (Å²) >= 11 is 6.45. The number of hydrogen-bond donors (Lipinski definition) is 2. The highest BCUT2D eigenvalue weighted by molar-refractivity contribution is 6.34. The molecule has 4 aliphatic rings. The second kappa shape index (κ2) is 7.75. The van der Waals surface area contributed by atoms with Crippen molar-refractivity contribution in [1.29, 1.82) is 0 Å². The van der Waals surface area contributed by atoms with E-state index in [4.69, 9.17) is 11.6 Å². The molecular weight excluding hydrogens is 410 g/mol. The lowest BCUT2D eigenvalue weighted by atomic mass is 9.52. The molecule has 4 bridgehead atoms. The lowest BCUT2D eigenvalue weighted by molar-refractivity contribution is -0.136. The molecule has 0 heterocycles. The van der Waals surface area contributed by atoms with Gasteiger partial charge in [0.25, 0.3) is 5.91 Å². The third-order valence-corrected chi connectivity index (χ3v) is 7.92. The highest BCUT2D eigenvalue weighted by Gasteiger charge is 2.55. The van der Waals surface area contributed by atoms with Crippen LogP contribution < -0.4 is 5.32 Å². The molecule has 0 aromatic heterocycles. The Morgan fingerprint density at radius 2 is 1.77 bits per heavy atom. The second-order valence-electron chi connectivity index (χ2n) is 9.77. The standard InChI is InChI=1S/C26H28ClNO3/c1-2-15-4-3-5-17(8-15)24(29)18-6-7-21(22(27)11-18)25(30)28-23-19-9-16-10-20(23)14-26(31,12-16)13-19/h3-8,11,16,19-20,23,31H,2,9-10,12-14H2,1H3,(H,28,30)/t16?,19?,20?,23-,26-. The fourth-order valence-electron chi connectivity index (χ4n) is 6.39. The molecule has 2 unspecified atom stereocenters. The molecular formula is C26H28ClNO3. The topological polar surface area (TPSA) is 66.4 Å². The third-order valence-electron chi connectivity index (χ3n) is 7.61. The Kier molecular flexibility index (Phi) is 5.18. The zero-order chi connectivity index (χ0) is 21.8. The molecule has 0 radical (unpaired) electrons. The van der Waals surface area contributed by atoms with Crippen LogP contribution in [-0.4, -0.2) is 28.4 Å². The predicted octanol–water partition coefficient (Wildman–Crippen LogP) is 4.80. The molecule has 6 rings (SSSR count). The van der Waals surface area contributed by atoms with Crippen LogP contribution in [-0.2, 0) is 6.42 Å². The Balaban J connectivity index is 1.32. The van der Waals surface area contributed by atoms with E-state index in [2.05, 4.69) is 12.2 Å². The van der Waals surface area contributed by atoms with Crippen molar-refractivity contribution < 1.29 is 14.7 Å². The first kappa shape index (κ1) is 20.7. The number of aryl methyl sites for hydroxylation is 1. The monoisotopic (exact) mass is 437 g/mol. The first-order chi connectivity index (χ1) is 14.8. The molecule has 31 heavy (non-hydrogen) atoms.